The third-order valence-corrected chi connectivity index (χ3v) is 3.77. The first-order chi connectivity index (χ1) is 10.5. The van der Waals surface area contributed by atoms with Crippen LogP contribution in [0.15, 0.2) is 24.3 Å². The molecule has 2 atom stereocenters. The van der Waals surface area contributed by atoms with Crippen LogP contribution < -0.4 is 16.0 Å². The predicted octanol–water partition coefficient (Wildman–Crippen LogP) is 1.63. The minimum absolute atomic E-state index is 0.235. The summed E-state index contributed by atoms with van der Waals surface area (Å²) in [6, 6.07) is 6.76. The number of aliphatic carboxylic acids is 1. The van der Waals surface area contributed by atoms with Gasteiger partial charge >= 0.3 is 12.0 Å². The summed E-state index contributed by atoms with van der Waals surface area (Å²) in [4.78, 5) is 34.1. The van der Waals surface area contributed by atoms with E-state index < -0.39 is 17.8 Å². The topological polar surface area (TPSA) is 108 Å². The van der Waals surface area contributed by atoms with Crippen LogP contribution in [0, 0.1) is 11.8 Å². The molecule has 2 aliphatic rings. The second-order valence-electron chi connectivity index (χ2n) is 5.73. The van der Waals surface area contributed by atoms with Gasteiger partial charge in [-0.2, -0.15) is 0 Å². The molecule has 0 heterocycles. The van der Waals surface area contributed by atoms with E-state index in [1.165, 1.54) is 0 Å². The van der Waals surface area contributed by atoms with Crippen LogP contribution in [0.3, 0.4) is 0 Å². The largest absolute Gasteiger partial charge is 0.481 e. The standard InChI is InChI=1S/C15H17N3O4/c19-13(11-7-12(11)14(20)21)16-8-1-3-9(4-2-8)17-15(22)18-10-5-6-10/h1-4,10-12H,5-7H2,(H,16,19)(H,20,21)(H2,17,18,22). The number of carbonyl (C=O) groups is 3. The fourth-order valence-electron chi connectivity index (χ4n) is 2.21. The van der Waals surface area contributed by atoms with Gasteiger partial charge in [0.15, 0.2) is 0 Å². The number of amides is 3. The molecule has 1 aromatic carbocycles. The van der Waals surface area contributed by atoms with Crippen LogP contribution in [0.4, 0.5) is 16.2 Å². The Kier molecular flexibility index (Phi) is 3.70. The number of urea groups is 1. The molecule has 0 bridgehead atoms. The molecule has 0 saturated heterocycles. The number of carboxylic acid groups (broad SMARTS) is 1. The molecule has 1 aromatic rings. The van der Waals surface area contributed by atoms with Gasteiger partial charge in [-0.1, -0.05) is 0 Å². The minimum Gasteiger partial charge on any atom is -0.481 e. The van der Waals surface area contributed by atoms with Crippen LogP contribution in [-0.4, -0.2) is 29.1 Å². The highest BCUT2D eigenvalue weighted by molar-refractivity contribution is 5.98. The quantitative estimate of drug-likeness (QED) is 0.663. The zero-order chi connectivity index (χ0) is 15.7. The molecular weight excluding hydrogens is 286 g/mol. The Labute approximate surface area is 127 Å². The summed E-state index contributed by atoms with van der Waals surface area (Å²) in [7, 11) is 0. The van der Waals surface area contributed by atoms with Crippen molar-refractivity contribution in [2.45, 2.75) is 25.3 Å². The summed E-state index contributed by atoms with van der Waals surface area (Å²) >= 11 is 0. The lowest BCUT2D eigenvalue weighted by molar-refractivity contribution is -0.139. The van der Waals surface area contributed by atoms with Crippen molar-refractivity contribution in [3.63, 3.8) is 0 Å². The Morgan fingerprint density at radius 3 is 2.05 bits per heavy atom. The van der Waals surface area contributed by atoms with E-state index >= 15 is 0 Å². The maximum Gasteiger partial charge on any atom is 0.319 e. The van der Waals surface area contributed by atoms with E-state index in [-0.39, 0.29) is 11.9 Å². The van der Waals surface area contributed by atoms with Gasteiger partial charge in [-0.3, -0.25) is 9.59 Å². The SMILES string of the molecule is O=C(Nc1ccc(NC(=O)C2CC2C(=O)O)cc1)NC1CC1. The van der Waals surface area contributed by atoms with E-state index in [0.29, 0.717) is 23.8 Å². The molecule has 4 N–H and O–H groups in total. The highest BCUT2D eigenvalue weighted by Crippen LogP contribution is 2.39. The van der Waals surface area contributed by atoms with Crippen LogP contribution in [-0.2, 0) is 9.59 Å². The minimum atomic E-state index is -0.929. The second-order valence-corrected chi connectivity index (χ2v) is 5.73. The number of carboxylic acids is 1. The Bertz CT molecular complexity index is 610. The smallest absolute Gasteiger partial charge is 0.319 e. The molecule has 7 heteroatoms. The van der Waals surface area contributed by atoms with Crippen molar-refractivity contribution in [3.05, 3.63) is 24.3 Å². The molecule has 0 spiro atoms. The molecular formula is C15H17N3O4. The van der Waals surface area contributed by atoms with E-state index in [1.807, 2.05) is 0 Å². The van der Waals surface area contributed by atoms with Gasteiger partial charge in [-0.15, -0.1) is 0 Å². The Morgan fingerprint density at radius 2 is 1.55 bits per heavy atom. The molecule has 7 nitrogen and oxygen atoms in total. The zero-order valence-corrected chi connectivity index (χ0v) is 11.8. The van der Waals surface area contributed by atoms with Gasteiger partial charge in [0.25, 0.3) is 0 Å². The van der Waals surface area contributed by atoms with Crippen LogP contribution in [0.2, 0.25) is 0 Å². The number of nitrogens with one attached hydrogen (secondary N) is 3. The van der Waals surface area contributed by atoms with Gasteiger partial charge in [0, 0.05) is 17.4 Å². The first kappa shape index (κ1) is 14.4. The van der Waals surface area contributed by atoms with E-state index in [1.54, 1.807) is 24.3 Å². The highest BCUT2D eigenvalue weighted by Gasteiger charge is 2.48. The molecule has 2 unspecified atom stereocenters. The number of benzene rings is 1. The average molecular weight is 303 g/mol. The predicted molar refractivity (Wildman–Crippen MR) is 79.5 cm³/mol. The van der Waals surface area contributed by atoms with E-state index in [0.717, 1.165) is 12.8 Å². The number of rotatable bonds is 5. The van der Waals surface area contributed by atoms with Gasteiger partial charge in [0.05, 0.1) is 11.8 Å². The van der Waals surface area contributed by atoms with Crippen LogP contribution in [0.1, 0.15) is 19.3 Å². The van der Waals surface area contributed by atoms with E-state index in [4.69, 9.17) is 5.11 Å². The second kappa shape index (κ2) is 5.67. The number of carbonyl (C=O) groups excluding carboxylic acids is 2. The van der Waals surface area contributed by atoms with Crippen molar-refractivity contribution in [3.8, 4) is 0 Å². The number of hydrogen-bond donors (Lipinski definition) is 4. The lowest BCUT2D eigenvalue weighted by Gasteiger charge is -2.08. The molecule has 116 valence electrons. The van der Waals surface area contributed by atoms with Crippen molar-refractivity contribution < 1.29 is 19.5 Å². The summed E-state index contributed by atoms with van der Waals surface area (Å²) in [6.45, 7) is 0. The summed E-state index contributed by atoms with van der Waals surface area (Å²) in [5.41, 5.74) is 1.21. The average Bonchev–Trinajstić information content (AvgIpc) is 3.34. The van der Waals surface area contributed by atoms with Crippen molar-refractivity contribution >= 4 is 29.3 Å². The number of hydrogen-bond acceptors (Lipinski definition) is 3. The van der Waals surface area contributed by atoms with Crippen molar-refractivity contribution in [2.75, 3.05) is 10.6 Å². The van der Waals surface area contributed by atoms with Crippen LogP contribution in [0.25, 0.3) is 0 Å². The van der Waals surface area contributed by atoms with Gasteiger partial charge < -0.3 is 21.1 Å². The third kappa shape index (κ3) is 3.55. The van der Waals surface area contributed by atoms with E-state index in [9.17, 15) is 14.4 Å². The first-order valence-electron chi connectivity index (χ1n) is 7.24. The summed E-state index contributed by atoms with van der Waals surface area (Å²) in [5.74, 6) is -2.22. The molecule has 0 aromatic heterocycles. The van der Waals surface area contributed by atoms with Crippen LogP contribution in [0.5, 0.6) is 0 Å². The third-order valence-electron chi connectivity index (χ3n) is 3.77. The van der Waals surface area contributed by atoms with Crippen LogP contribution >= 0.6 is 0 Å². The molecule has 2 fully saturated rings. The fraction of sp³-hybridized carbons (Fsp3) is 0.400. The maximum absolute atomic E-state index is 11.8. The summed E-state index contributed by atoms with van der Waals surface area (Å²) < 4.78 is 0. The molecule has 3 rings (SSSR count). The fourth-order valence-corrected chi connectivity index (χ4v) is 2.21. The molecule has 0 aliphatic heterocycles. The monoisotopic (exact) mass is 303 g/mol. The van der Waals surface area contributed by atoms with Crippen molar-refractivity contribution in [1.29, 1.82) is 0 Å². The lowest BCUT2D eigenvalue weighted by Crippen LogP contribution is -2.30. The molecule has 2 saturated carbocycles. The van der Waals surface area contributed by atoms with Gasteiger partial charge in [-0.05, 0) is 43.5 Å². The molecule has 3 amide bonds. The summed E-state index contributed by atoms with van der Waals surface area (Å²) in [6.07, 6.45) is 2.44. The van der Waals surface area contributed by atoms with E-state index in [2.05, 4.69) is 16.0 Å². The normalized spacial score (nSPS) is 22.5. The Balaban J connectivity index is 1.49. The Hall–Kier alpha value is -2.57. The van der Waals surface area contributed by atoms with Gasteiger partial charge in [0.2, 0.25) is 5.91 Å². The Morgan fingerprint density at radius 1 is 0.955 bits per heavy atom. The maximum atomic E-state index is 11.8. The molecule has 22 heavy (non-hydrogen) atoms. The lowest BCUT2D eigenvalue weighted by atomic mass is 10.2. The first-order valence-corrected chi connectivity index (χ1v) is 7.24. The van der Waals surface area contributed by atoms with Gasteiger partial charge in [0.1, 0.15) is 0 Å². The molecule has 2 aliphatic carbocycles. The number of anilines is 2. The summed E-state index contributed by atoms with van der Waals surface area (Å²) in [5, 5.41) is 17.0. The van der Waals surface area contributed by atoms with Crippen molar-refractivity contribution in [2.24, 2.45) is 11.8 Å². The zero-order valence-electron chi connectivity index (χ0n) is 11.8. The molecule has 0 radical (unpaired) electrons. The van der Waals surface area contributed by atoms with Crippen molar-refractivity contribution in [1.82, 2.24) is 5.32 Å². The highest BCUT2D eigenvalue weighted by atomic mass is 16.4. The van der Waals surface area contributed by atoms with Gasteiger partial charge in [-0.25, -0.2) is 4.79 Å².